The van der Waals surface area contributed by atoms with E-state index in [1.807, 2.05) is 43.3 Å². The van der Waals surface area contributed by atoms with Crippen LogP contribution in [0.4, 0.5) is 0 Å². The summed E-state index contributed by atoms with van der Waals surface area (Å²) in [6.45, 7) is 6.04. The standard InChI is InChI=1S/C33H29BrN2O6S/c1-6-15-42-25-14-13-20-11-9-10-12-21(20)22(25)17-28-31(37)36-30(23-16-26(39-5)27(40-7-2)18-24(23)34)29(32(38)41-8-3)19(4)35-33(36)43-28/h1,9-14,16-18,30H,7-8,15H2,2-5H3/b28-17+/t30-/m1/s1. The molecule has 0 N–H and O–H groups in total. The first kappa shape index (κ1) is 30.1. The zero-order chi connectivity index (χ0) is 30.7. The highest BCUT2D eigenvalue weighted by Gasteiger charge is 2.35. The Balaban J connectivity index is 1.79. The molecule has 0 saturated carbocycles. The molecule has 0 aliphatic carbocycles. The van der Waals surface area contributed by atoms with Crippen LogP contribution in [0, 0.1) is 12.3 Å². The molecular formula is C33H29BrN2O6S. The number of benzene rings is 3. The van der Waals surface area contributed by atoms with Crippen molar-refractivity contribution in [3.63, 3.8) is 0 Å². The molecule has 1 aliphatic rings. The van der Waals surface area contributed by atoms with Crippen LogP contribution in [0.3, 0.4) is 0 Å². The smallest absolute Gasteiger partial charge is 0.338 e. The van der Waals surface area contributed by atoms with Gasteiger partial charge in [0.25, 0.3) is 5.56 Å². The lowest BCUT2D eigenvalue weighted by Crippen LogP contribution is -2.40. The summed E-state index contributed by atoms with van der Waals surface area (Å²) in [5, 5.41) is 1.89. The van der Waals surface area contributed by atoms with E-state index in [4.69, 9.17) is 30.4 Å². The van der Waals surface area contributed by atoms with Crippen molar-refractivity contribution < 1.29 is 23.7 Å². The monoisotopic (exact) mass is 660 g/mol. The molecule has 4 aromatic rings. The molecule has 0 radical (unpaired) electrons. The van der Waals surface area contributed by atoms with Crippen LogP contribution in [0.5, 0.6) is 17.2 Å². The van der Waals surface area contributed by atoms with E-state index in [9.17, 15) is 9.59 Å². The second-order valence-electron chi connectivity index (χ2n) is 9.45. The summed E-state index contributed by atoms with van der Waals surface area (Å²) in [7, 11) is 1.54. The number of methoxy groups -OCH3 is 1. The van der Waals surface area contributed by atoms with Crippen LogP contribution in [0.1, 0.15) is 37.9 Å². The van der Waals surface area contributed by atoms with Gasteiger partial charge in [-0.25, -0.2) is 9.79 Å². The lowest BCUT2D eigenvalue weighted by Gasteiger charge is -2.26. The summed E-state index contributed by atoms with van der Waals surface area (Å²) in [6, 6.07) is 14.3. The van der Waals surface area contributed by atoms with Crippen molar-refractivity contribution in [1.82, 2.24) is 4.57 Å². The zero-order valence-corrected chi connectivity index (χ0v) is 26.5. The van der Waals surface area contributed by atoms with Crippen LogP contribution < -0.4 is 29.1 Å². The van der Waals surface area contributed by atoms with Crippen LogP contribution >= 0.6 is 27.3 Å². The maximum Gasteiger partial charge on any atom is 0.338 e. The number of aromatic nitrogens is 1. The number of allylic oxidation sites excluding steroid dienone is 1. The van der Waals surface area contributed by atoms with Crippen molar-refractivity contribution in [2.45, 2.75) is 26.8 Å². The molecule has 0 amide bonds. The Labute approximate surface area is 261 Å². The lowest BCUT2D eigenvalue weighted by molar-refractivity contribution is -0.139. The maximum atomic E-state index is 14.3. The highest BCUT2D eigenvalue weighted by molar-refractivity contribution is 9.10. The molecule has 1 aliphatic heterocycles. The van der Waals surface area contributed by atoms with Crippen LogP contribution in [-0.2, 0) is 9.53 Å². The van der Waals surface area contributed by atoms with Gasteiger partial charge in [-0.15, -0.1) is 6.42 Å². The predicted molar refractivity (Wildman–Crippen MR) is 171 cm³/mol. The van der Waals surface area contributed by atoms with Gasteiger partial charge in [-0.05, 0) is 61.4 Å². The fraction of sp³-hybridized carbons (Fsp3) is 0.242. The molecule has 220 valence electrons. The van der Waals surface area contributed by atoms with Crippen molar-refractivity contribution in [1.29, 1.82) is 0 Å². The van der Waals surface area contributed by atoms with Gasteiger partial charge >= 0.3 is 5.97 Å². The third-order valence-electron chi connectivity index (χ3n) is 6.91. The van der Waals surface area contributed by atoms with Gasteiger partial charge in [-0.2, -0.15) is 0 Å². The number of ether oxygens (including phenoxy) is 4. The number of esters is 1. The van der Waals surface area contributed by atoms with Crippen molar-refractivity contribution in [2.24, 2.45) is 4.99 Å². The zero-order valence-electron chi connectivity index (χ0n) is 24.1. The summed E-state index contributed by atoms with van der Waals surface area (Å²) >= 11 is 4.89. The number of carbonyl (C=O) groups is 1. The minimum atomic E-state index is -0.846. The molecular weight excluding hydrogens is 632 g/mol. The Kier molecular flexibility index (Phi) is 9.04. The van der Waals surface area contributed by atoms with Crippen molar-refractivity contribution >= 4 is 50.1 Å². The molecule has 8 nitrogen and oxygen atoms in total. The molecule has 2 heterocycles. The summed E-state index contributed by atoms with van der Waals surface area (Å²) in [5.74, 6) is 3.50. The van der Waals surface area contributed by atoms with Crippen LogP contribution in [0.15, 0.2) is 74.1 Å². The molecule has 3 aromatic carbocycles. The Morgan fingerprint density at radius 2 is 1.91 bits per heavy atom. The number of rotatable bonds is 9. The second-order valence-corrected chi connectivity index (χ2v) is 11.3. The Hall–Kier alpha value is -4.33. The first-order valence-electron chi connectivity index (χ1n) is 13.6. The summed E-state index contributed by atoms with van der Waals surface area (Å²) in [6.07, 6.45) is 7.27. The largest absolute Gasteiger partial charge is 0.493 e. The topological polar surface area (TPSA) is 88.3 Å². The fourth-order valence-electron chi connectivity index (χ4n) is 5.07. The number of hydrogen-bond acceptors (Lipinski definition) is 8. The van der Waals surface area contributed by atoms with Crippen LogP contribution in [0.25, 0.3) is 16.8 Å². The van der Waals surface area contributed by atoms with Gasteiger partial charge in [0, 0.05) is 10.0 Å². The van der Waals surface area contributed by atoms with E-state index in [-0.39, 0.29) is 24.3 Å². The van der Waals surface area contributed by atoms with Gasteiger partial charge < -0.3 is 18.9 Å². The highest BCUT2D eigenvalue weighted by Crippen LogP contribution is 2.41. The number of fused-ring (bicyclic) bond motifs is 2. The maximum absolute atomic E-state index is 14.3. The Bertz CT molecular complexity index is 1990. The minimum Gasteiger partial charge on any atom is -0.493 e. The second kappa shape index (κ2) is 12.9. The van der Waals surface area contributed by atoms with Gasteiger partial charge in [-0.3, -0.25) is 9.36 Å². The quantitative estimate of drug-likeness (QED) is 0.183. The molecule has 0 unspecified atom stereocenters. The predicted octanol–water partition coefficient (Wildman–Crippen LogP) is 5.13. The van der Waals surface area contributed by atoms with Crippen molar-refractivity contribution in [3.05, 3.63) is 95.1 Å². The van der Waals surface area contributed by atoms with E-state index in [2.05, 4.69) is 21.9 Å². The molecule has 0 spiro atoms. The number of carbonyl (C=O) groups excluding carboxylic acids is 1. The van der Waals surface area contributed by atoms with E-state index < -0.39 is 12.0 Å². The third-order valence-corrected chi connectivity index (χ3v) is 8.58. The molecule has 0 saturated heterocycles. The molecule has 43 heavy (non-hydrogen) atoms. The molecule has 1 aromatic heterocycles. The lowest BCUT2D eigenvalue weighted by atomic mass is 9.95. The van der Waals surface area contributed by atoms with Crippen molar-refractivity contribution in [2.75, 3.05) is 26.9 Å². The normalized spacial score (nSPS) is 14.6. The van der Waals surface area contributed by atoms with Gasteiger partial charge in [0.1, 0.15) is 12.4 Å². The molecule has 0 fully saturated rings. The number of terminal acetylenes is 1. The van der Waals surface area contributed by atoms with Gasteiger partial charge in [0.05, 0.1) is 42.2 Å². The number of hydrogen-bond donors (Lipinski definition) is 0. The van der Waals surface area contributed by atoms with Gasteiger partial charge in [-0.1, -0.05) is 63.5 Å². The first-order chi connectivity index (χ1) is 20.8. The number of thiazole rings is 1. The molecule has 5 rings (SSSR count). The van der Waals surface area contributed by atoms with Crippen molar-refractivity contribution in [3.8, 4) is 29.6 Å². The van der Waals surface area contributed by atoms with E-state index >= 15 is 0 Å². The van der Waals surface area contributed by atoms with E-state index in [1.165, 1.54) is 15.9 Å². The number of halogens is 1. The van der Waals surface area contributed by atoms with E-state index in [0.717, 1.165) is 16.3 Å². The average Bonchev–Trinajstić information content (AvgIpc) is 3.30. The molecule has 10 heteroatoms. The summed E-state index contributed by atoms with van der Waals surface area (Å²) in [5.41, 5.74) is 1.74. The Morgan fingerprint density at radius 3 is 2.63 bits per heavy atom. The summed E-state index contributed by atoms with van der Waals surface area (Å²) in [4.78, 5) is 32.8. The Morgan fingerprint density at radius 1 is 1.12 bits per heavy atom. The third kappa shape index (κ3) is 5.70. The number of nitrogens with zero attached hydrogens (tertiary/aromatic N) is 2. The fourth-order valence-corrected chi connectivity index (χ4v) is 6.64. The van der Waals surface area contributed by atoms with Crippen LogP contribution in [0.2, 0.25) is 0 Å². The molecule has 0 bridgehead atoms. The average molecular weight is 662 g/mol. The summed E-state index contributed by atoms with van der Waals surface area (Å²) < 4.78 is 25.3. The SMILES string of the molecule is C#CCOc1ccc2ccccc2c1/C=c1/sc2n(c1=O)[C@H](c1cc(OC)c(OCC)cc1Br)C(C(=O)OCC)=C(C)N=2. The van der Waals surface area contributed by atoms with Gasteiger partial charge in [0.2, 0.25) is 0 Å². The molecule has 1 atom stereocenters. The van der Waals surface area contributed by atoms with E-state index in [0.29, 0.717) is 48.9 Å². The minimum absolute atomic E-state index is 0.0795. The van der Waals surface area contributed by atoms with Gasteiger partial charge in [0.15, 0.2) is 16.3 Å². The highest BCUT2D eigenvalue weighted by atomic mass is 79.9. The van der Waals surface area contributed by atoms with Crippen LogP contribution in [-0.4, -0.2) is 37.5 Å². The first-order valence-corrected chi connectivity index (χ1v) is 15.2. The van der Waals surface area contributed by atoms with E-state index in [1.54, 1.807) is 39.2 Å².